The number of hydrogen-bond donors (Lipinski definition) is 2. The molecular weight excluding hydrogens is 328 g/mol. The number of aryl methyl sites for hydroxylation is 2. The summed E-state index contributed by atoms with van der Waals surface area (Å²) in [6.07, 6.45) is 4.35. The van der Waals surface area contributed by atoms with Crippen molar-refractivity contribution in [1.82, 2.24) is 20.4 Å². The molecule has 1 fully saturated rings. The molecule has 2 amide bonds. The van der Waals surface area contributed by atoms with Gasteiger partial charge in [-0.15, -0.1) is 0 Å². The Kier molecular flexibility index (Phi) is 5.11. The van der Waals surface area contributed by atoms with Gasteiger partial charge in [-0.05, 0) is 37.3 Å². The van der Waals surface area contributed by atoms with Crippen molar-refractivity contribution in [2.24, 2.45) is 7.05 Å². The van der Waals surface area contributed by atoms with Crippen molar-refractivity contribution in [2.45, 2.75) is 51.1 Å². The largest absolute Gasteiger partial charge is 0.353 e. The molecule has 1 aliphatic carbocycles. The van der Waals surface area contributed by atoms with Gasteiger partial charge in [0.25, 0.3) is 0 Å². The third kappa shape index (κ3) is 3.79. The highest BCUT2D eigenvalue weighted by Gasteiger charge is 2.46. The summed E-state index contributed by atoms with van der Waals surface area (Å²) >= 11 is 0. The van der Waals surface area contributed by atoms with E-state index in [1.807, 2.05) is 55.2 Å². The number of benzene rings is 1. The topological polar surface area (TPSA) is 76.0 Å². The molecule has 1 heterocycles. The summed E-state index contributed by atoms with van der Waals surface area (Å²) in [6, 6.07) is 10.1. The summed E-state index contributed by atoms with van der Waals surface area (Å²) < 4.78 is 1.82. The van der Waals surface area contributed by atoms with Crippen LogP contribution in [0.3, 0.4) is 0 Å². The second-order valence-electron chi connectivity index (χ2n) is 7.18. The van der Waals surface area contributed by atoms with E-state index in [-0.39, 0.29) is 17.9 Å². The van der Waals surface area contributed by atoms with Gasteiger partial charge in [-0.1, -0.05) is 30.3 Å². The molecule has 2 N–H and O–H groups in total. The van der Waals surface area contributed by atoms with E-state index in [4.69, 9.17) is 0 Å². The molecule has 6 nitrogen and oxygen atoms in total. The lowest BCUT2D eigenvalue weighted by molar-refractivity contribution is -0.125. The van der Waals surface area contributed by atoms with Crippen LogP contribution in [-0.2, 0) is 28.6 Å². The number of hydrogen-bond acceptors (Lipinski definition) is 3. The minimum absolute atomic E-state index is 0.0263. The molecule has 138 valence electrons. The molecule has 3 rings (SSSR count). The third-order valence-electron chi connectivity index (χ3n) is 5.26. The summed E-state index contributed by atoms with van der Waals surface area (Å²) in [7, 11) is 1.90. The van der Waals surface area contributed by atoms with Crippen molar-refractivity contribution in [3.05, 3.63) is 53.3 Å². The van der Waals surface area contributed by atoms with Crippen LogP contribution in [0, 0.1) is 6.92 Å². The zero-order valence-corrected chi connectivity index (χ0v) is 15.6. The third-order valence-corrected chi connectivity index (χ3v) is 5.26. The van der Waals surface area contributed by atoms with Crippen molar-refractivity contribution in [1.29, 1.82) is 0 Å². The van der Waals surface area contributed by atoms with Crippen LogP contribution in [0.2, 0.25) is 0 Å². The monoisotopic (exact) mass is 354 g/mol. The Morgan fingerprint density at radius 2 is 1.96 bits per heavy atom. The second-order valence-corrected chi connectivity index (χ2v) is 7.18. The van der Waals surface area contributed by atoms with Crippen molar-refractivity contribution in [3.8, 4) is 0 Å². The minimum Gasteiger partial charge on any atom is -0.353 e. The molecule has 6 heteroatoms. The van der Waals surface area contributed by atoms with Gasteiger partial charge in [0.2, 0.25) is 11.8 Å². The molecule has 1 aromatic heterocycles. The van der Waals surface area contributed by atoms with Crippen LogP contribution in [0.1, 0.15) is 43.0 Å². The predicted octanol–water partition coefficient (Wildman–Crippen LogP) is 1.97. The molecule has 0 unspecified atom stereocenters. The first-order chi connectivity index (χ1) is 12.4. The number of rotatable bonds is 6. The zero-order valence-electron chi connectivity index (χ0n) is 15.6. The highest BCUT2D eigenvalue weighted by molar-refractivity contribution is 5.78. The highest BCUT2D eigenvalue weighted by atomic mass is 16.2. The summed E-state index contributed by atoms with van der Waals surface area (Å²) in [5.41, 5.74) is 2.88. The fourth-order valence-electron chi connectivity index (χ4n) is 3.71. The molecule has 1 saturated carbocycles. The van der Waals surface area contributed by atoms with Crippen molar-refractivity contribution >= 4 is 11.8 Å². The molecule has 0 saturated heterocycles. The molecule has 1 aromatic carbocycles. The summed E-state index contributed by atoms with van der Waals surface area (Å²) in [4.78, 5) is 23.9. The van der Waals surface area contributed by atoms with Gasteiger partial charge in [-0.3, -0.25) is 14.3 Å². The molecular formula is C20H26N4O2. The summed E-state index contributed by atoms with van der Waals surface area (Å²) in [6.45, 7) is 3.53. The smallest absolute Gasteiger partial charge is 0.221 e. The van der Waals surface area contributed by atoms with Crippen LogP contribution in [0.5, 0.6) is 0 Å². The van der Waals surface area contributed by atoms with Crippen LogP contribution in [-0.4, -0.2) is 27.6 Å². The fraction of sp³-hybridized carbons (Fsp3) is 0.450. The van der Waals surface area contributed by atoms with E-state index < -0.39 is 5.54 Å². The first-order valence-corrected chi connectivity index (χ1v) is 9.01. The first-order valence-electron chi connectivity index (χ1n) is 9.01. The Morgan fingerprint density at radius 1 is 1.27 bits per heavy atom. The van der Waals surface area contributed by atoms with Gasteiger partial charge in [0.05, 0.1) is 11.7 Å². The van der Waals surface area contributed by atoms with Gasteiger partial charge in [0.15, 0.2) is 0 Å². The maximum Gasteiger partial charge on any atom is 0.221 e. The number of carbonyl (C=O) groups excluding carboxylic acids is 2. The van der Waals surface area contributed by atoms with E-state index in [1.165, 1.54) is 6.92 Å². The lowest BCUT2D eigenvalue weighted by Gasteiger charge is -2.48. The van der Waals surface area contributed by atoms with Gasteiger partial charge < -0.3 is 10.6 Å². The van der Waals surface area contributed by atoms with Gasteiger partial charge in [0, 0.05) is 32.1 Å². The fourth-order valence-corrected chi connectivity index (χ4v) is 3.71. The molecule has 0 radical (unpaired) electrons. The van der Waals surface area contributed by atoms with Gasteiger partial charge in [-0.25, -0.2) is 0 Å². The van der Waals surface area contributed by atoms with Crippen molar-refractivity contribution in [3.63, 3.8) is 0 Å². The Labute approximate surface area is 154 Å². The van der Waals surface area contributed by atoms with Crippen LogP contribution in [0.4, 0.5) is 0 Å². The second kappa shape index (κ2) is 7.32. The Bertz CT molecular complexity index is 791. The quantitative estimate of drug-likeness (QED) is 0.833. The van der Waals surface area contributed by atoms with E-state index in [0.29, 0.717) is 25.7 Å². The van der Waals surface area contributed by atoms with Crippen LogP contribution in [0.25, 0.3) is 0 Å². The average Bonchev–Trinajstić information content (AvgIpc) is 2.90. The highest BCUT2D eigenvalue weighted by Crippen LogP contribution is 2.41. The van der Waals surface area contributed by atoms with Gasteiger partial charge >= 0.3 is 0 Å². The van der Waals surface area contributed by atoms with E-state index in [2.05, 4.69) is 15.7 Å². The Balaban J connectivity index is 1.65. The van der Waals surface area contributed by atoms with Crippen molar-refractivity contribution < 1.29 is 9.59 Å². The lowest BCUT2D eigenvalue weighted by Crippen LogP contribution is -2.61. The minimum atomic E-state index is -0.393. The molecule has 0 aliphatic heterocycles. The maximum absolute atomic E-state index is 12.6. The number of amides is 2. The van der Waals surface area contributed by atoms with Gasteiger partial charge in [0.1, 0.15) is 0 Å². The van der Waals surface area contributed by atoms with Crippen molar-refractivity contribution in [2.75, 3.05) is 0 Å². The average molecular weight is 354 g/mol. The van der Waals surface area contributed by atoms with Crippen LogP contribution < -0.4 is 10.6 Å². The molecule has 2 aromatic rings. The number of aromatic nitrogens is 2. The molecule has 0 atom stereocenters. The van der Waals surface area contributed by atoms with E-state index >= 15 is 0 Å². The zero-order chi connectivity index (χ0) is 18.7. The van der Waals surface area contributed by atoms with Crippen LogP contribution >= 0.6 is 0 Å². The summed E-state index contributed by atoms with van der Waals surface area (Å²) in [5, 5.41) is 10.4. The number of nitrogens with zero attached hydrogens (tertiary/aromatic N) is 2. The molecule has 0 bridgehead atoms. The number of nitrogens with one attached hydrogen (secondary N) is 2. The van der Waals surface area contributed by atoms with E-state index in [0.717, 1.165) is 16.8 Å². The lowest BCUT2D eigenvalue weighted by atomic mass is 9.68. The standard InChI is InChI=1S/C20H26N4O2/c1-14-16(13-21-24(14)3)9-10-19(26)23-20(17-7-5-4-6-8-17)11-18(12-20)22-15(2)25/h4-8,13,18H,9-12H2,1-3H3,(H,22,25)(H,23,26). The molecule has 26 heavy (non-hydrogen) atoms. The van der Waals surface area contributed by atoms with Crippen LogP contribution in [0.15, 0.2) is 36.5 Å². The molecule has 0 spiro atoms. The van der Waals surface area contributed by atoms with E-state index in [1.54, 1.807) is 0 Å². The number of carbonyl (C=O) groups is 2. The first kappa shape index (κ1) is 18.2. The Morgan fingerprint density at radius 3 is 2.54 bits per heavy atom. The Hall–Kier alpha value is -2.63. The normalized spacial score (nSPS) is 21.7. The maximum atomic E-state index is 12.6. The van der Waals surface area contributed by atoms with Gasteiger partial charge in [-0.2, -0.15) is 5.10 Å². The SMILES string of the molecule is CC(=O)NC1CC(NC(=O)CCc2cnn(C)c2C)(c2ccccc2)C1. The van der Waals surface area contributed by atoms with E-state index in [9.17, 15) is 9.59 Å². The summed E-state index contributed by atoms with van der Waals surface area (Å²) in [5.74, 6) is -0.00609. The predicted molar refractivity (Wildman–Crippen MR) is 99.4 cm³/mol. The molecule has 1 aliphatic rings.